The molecular formula is C10H12F3N. The third-order valence-electron chi connectivity index (χ3n) is 2.05. The minimum atomic E-state index is -3.32. The average Bonchev–Trinajstić information content (AvgIpc) is 2.08. The Bertz CT molecular complexity index is 334. The number of halogens is 3. The zero-order chi connectivity index (χ0) is 10.9. The summed E-state index contributed by atoms with van der Waals surface area (Å²) >= 11 is 0. The van der Waals surface area contributed by atoms with E-state index in [-0.39, 0.29) is 0 Å². The van der Waals surface area contributed by atoms with E-state index in [9.17, 15) is 13.2 Å². The molecule has 0 aliphatic heterocycles. The molecule has 78 valence electrons. The van der Waals surface area contributed by atoms with Gasteiger partial charge in [0.2, 0.25) is 0 Å². The summed E-state index contributed by atoms with van der Waals surface area (Å²) in [6.07, 6.45) is 0. The molecule has 0 aliphatic carbocycles. The molecule has 0 heterocycles. The molecule has 0 amide bonds. The molecule has 1 aromatic rings. The Morgan fingerprint density at radius 1 is 1.36 bits per heavy atom. The van der Waals surface area contributed by atoms with Gasteiger partial charge in [-0.3, -0.25) is 0 Å². The minimum Gasteiger partial charge on any atom is -0.323 e. The van der Waals surface area contributed by atoms with Crippen LogP contribution in [0.4, 0.5) is 13.2 Å². The molecule has 4 heteroatoms. The van der Waals surface area contributed by atoms with Crippen molar-refractivity contribution < 1.29 is 13.2 Å². The average molecular weight is 203 g/mol. The van der Waals surface area contributed by atoms with Gasteiger partial charge in [0.15, 0.2) is 0 Å². The number of benzene rings is 1. The summed E-state index contributed by atoms with van der Waals surface area (Å²) in [5.41, 5.74) is 5.06. The second-order valence-corrected chi connectivity index (χ2v) is 3.39. The Labute approximate surface area is 80.7 Å². The van der Waals surface area contributed by atoms with Crippen LogP contribution in [0.5, 0.6) is 0 Å². The van der Waals surface area contributed by atoms with Gasteiger partial charge in [-0.2, -0.15) is 8.78 Å². The van der Waals surface area contributed by atoms with Crippen LogP contribution < -0.4 is 5.73 Å². The van der Waals surface area contributed by atoms with Crippen LogP contribution in [-0.2, 0) is 5.92 Å². The van der Waals surface area contributed by atoms with Crippen molar-refractivity contribution >= 4 is 0 Å². The first-order valence-corrected chi connectivity index (χ1v) is 4.25. The van der Waals surface area contributed by atoms with Gasteiger partial charge in [0, 0.05) is 0 Å². The van der Waals surface area contributed by atoms with Crippen LogP contribution in [-0.4, -0.2) is 6.04 Å². The molecule has 0 aromatic heterocycles. The van der Waals surface area contributed by atoms with Crippen LogP contribution >= 0.6 is 0 Å². The van der Waals surface area contributed by atoms with Gasteiger partial charge in [0.25, 0.3) is 5.92 Å². The van der Waals surface area contributed by atoms with E-state index in [1.807, 2.05) is 0 Å². The highest BCUT2D eigenvalue weighted by molar-refractivity contribution is 5.28. The SMILES string of the molecule is Cc1ccc(F)c(C(F)(F)C(C)N)c1. The van der Waals surface area contributed by atoms with Gasteiger partial charge >= 0.3 is 0 Å². The molecule has 14 heavy (non-hydrogen) atoms. The van der Waals surface area contributed by atoms with E-state index in [2.05, 4.69) is 0 Å². The number of hydrogen-bond donors (Lipinski definition) is 1. The van der Waals surface area contributed by atoms with Crippen molar-refractivity contribution in [2.45, 2.75) is 25.8 Å². The Balaban J connectivity index is 3.24. The molecule has 0 saturated heterocycles. The molecule has 1 aromatic carbocycles. The van der Waals surface area contributed by atoms with Crippen LogP contribution in [0, 0.1) is 12.7 Å². The Morgan fingerprint density at radius 3 is 2.43 bits per heavy atom. The largest absolute Gasteiger partial charge is 0.323 e. The van der Waals surface area contributed by atoms with E-state index in [4.69, 9.17) is 5.73 Å². The lowest BCUT2D eigenvalue weighted by Crippen LogP contribution is -2.36. The number of hydrogen-bond acceptors (Lipinski definition) is 1. The fraction of sp³-hybridized carbons (Fsp3) is 0.400. The molecule has 0 saturated carbocycles. The molecule has 2 N–H and O–H groups in total. The summed E-state index contributed by atoms with van der Waals surface area (Å²) in [6, 6.07) is 2.19. The van der Waals surface area contributed by atoms with Crippen LogP contribution in [0.3, 0.4) is 0 Å². The summed E-state index contributed by atoms with van der Waals surface area (Å²) in [5.74, 6) is -4.24. The Hall–Kier alpha value is -1.03. The van der Waals surface area contributed by atoms with Crippen LogP contribution in [0.15, 0.2) is 18.2 Å². The van der Waals surface area contributed by atoms with Gasteiger partial charge < -0.3 is 5.73 Å². The molecule has 0 spiro atoms. The zero-order valence-electron chi connectivity index (χ0n) is 8.02. The van der Waals surface area contributed by atoms with Gasteiger partial charge in [0.1, 0.15) is 5.82 Å². The van der Waals surface area contributed by atoms with Crippen molar-refractivity contribution in [1.82, 2.24) is 0 Å². The van der Waals surface area contributed by atoms with Crippen molar-refractivity contribution in [1.29, 1.82) is 0 Å². The zero-order valence-corrected chi connectivity index (χ0v) is 8.02. The molecular weight excluding hydrogens is 191 g/mol. The van der Waals surface area contributed by atoms with Crippen LogP contribution in [0.25, 0.3) is 0 Å². The second-order valence-electron chi connectivity index (χ2n) is 3.39. The van der Waals surface area contributed by atoms with Crippen molar-refractivity contribution in [3.8, 4) is 0 Å². The fourth-order valence-corrected chi connectivity index (χ4v) is 1.14. The highest BCUT2D eigenvalue weighted by atomic mass is 19.3. The summed E-state index contributed by atoms with van der Waals surface area (Å²) in [7, 11) is 0. The first-order valence-electron chi connectivity index (χ1n) is 4.25. The lowest BCUT2D eigenvalue weighted by Gasteiger charge is -2.21. The predicted molar refractivity (Wildman–Crippen MR) is 48.7 cm³/mol. The first-order chi connectivity index (χ1) is 6.35. The van der Waals surface area contributed by atoms with Crippen LogP contribution in [0.1, 0.15) is 18.1 Å². The van der Waals surface area contributed by atoms with E-state index in [1.54, 1.807) is 6.92 Å². The topological polar surface area (TPSA) is 26.0 Å². The van der Waals surface area contributed by atoms with Crippen molar-refractivity contribution in [2.75, 3.05) is 0 Å². The first kappa shape index (κ1) is 11.0. The molecule has 0 fully saturated rings. The highest BCUT2D eigenvalue weighted by Gasteiger charge is 2.38. The molecule has 1 atom stereocenters. The second kappa shape index (κ2) is 3.61. The van der Waals surface area contributed by atoms with Gasteiger partial charge in [-0.1, -0.05) is 11.6 Å². The van der Waals surface area contributed by atoms with Gasteiger partial charge in [-0.15, -0.1) is 0 Å². The summed E-state index contributed by atoms with van der Waals surface area (Å²) in [6.45, 7) is 2.78. The maximum atomic E-state index is 13.4. The normalized spacial score (nSPS) is 14.1. The molecule has 1 nitrogen and oxygen atoms in total. The van der Waals surface area contributed by atoms with Crippen molar-refractivity contribution in [2.24, 2.45) is 5.73 Å². The Kier molecular flexibility index (Phi) is 2.85. The van der Waals surface area contributed by atoms with E-state index < -0.39 is 23.3 Å². The van der Waals surface area contributed by atoms with Gasteiger partial charge in [0.05, 0.1) is 11.6 Å². The third kappa shape index (κ3) is 1.90. The number of aryl methyl sites for hydroxylation is 1. The van der Waals surface area contributed by atoms with Gasteiger partial charge in [-0.25, -0.2) is 4.39 Å². The van der Waals surface area contributed by atoms with E-state index in [1.165, 1.54) is 6.07 Å². The van der Waals surface area contributed by atoms with Gasteiger partial charge in [-0.05, 0) is 26.0 Å². The lowest BCUT2D eigenvalue weighted by molar-refractivity contribution is -0.0289. The monoisotopic (exact) mass is 203 g/mol. The fourth-order valence-electron chi connectivity index (χ4n) is 1.14. The minimum absolute atomic E-state index is 0.585. The van der Waals surface area contributed by atoms with Crippen LogP contribution in [0.2, 0.25) is 0 Å². The Morgan fingerprint density at radius 2 is 1.93 bits per heavy atom. The van der Waals surface area contributed by atoms with Crippen molar-refractivity contribution in [3.63, 3.8) is 0 Å². The molecule has 1 unspecified atom stereocenters. The molecule has 0 bridgehead atoms. The quantitative estimate of drug-likeness (QED) is 0.785. The van der Waals surface area contributed by atoms with E-state index in [0.29, 0.717) is 5.56 Å². The summed E-state index contributed by atoms with van der Waals surface area (Å²) < 4.78 is 39.8. The summed E-state index contributed by atoms with van der Waals surface area (Å²) in [5, 5.41) is 0. The lowest BCUT2D eigenvalue weighted by atomic mass is 10.0. The number of nitrogens with two attached hydrogens (primary N) is 1. The number of alkyl halides is 2. The molecule has 1 rings (SSSR count). The standard InChI is InChI=1S/C10H12F3N/c1-6-3-4-9(11)8(5-6)10(12,13)7(2)14/h3-5,7H,14H2,1-2H3. The van der Waals surface area contributed by atoms with E-state index in [0.717, 1.165) is 19.1 Å². The third-order valence-corrected chi connectivity index (χ3v) is 2.05. The maximum Gasteiger partial charge on any atom is 0.290 e. The molecule has 0 radical (unpaired) electrons. The summed E-state index contributed by atoms with van der Waals surface area (Å²) in [4.78, 5) is 0. The maximum absolute atomic E-state index is 13.4. The molecule has 0 aliphatic rings. The van der Waals surface area contributed by atoms with E-state index >= 15 is 0 Å². The number of rotatable bonds is 2. The van der Waals surface area contributed by atoms with Crippen molar-refractivity contribution in [3.05, 3.63) is 35.1 Å². The highest BCUT2D eigenvalue weighted by Crippen LogP contribution is 2.32. The smallest absolute Gasteiger partial charge is 0.290 e. The predicted octanol–water partition coefficient (Wildman–Crippen LogP) is 2.57.